The number of nitrogens with two attached hydrogens (primary N) is 1. The molecular formula is C10H14N6S. The van der Waals surface area contributed by atoms with Gasteiger partial charge in [-0.1, -0.05) is 17.8 Å². The molecule has 0 aromatic carbocycles. The van der Waals surface area contributed by atoms with Crippen LogP contribution in [0.2, 0.25) is 0 Å². The summed E-state index contributed by atoms with van der Waals surface area (Å²) < 4.78 is 1.72. The summed E-state index contributed by atoms with van der Waals surface area (Å²) in [5, 5.41) is 12.3. The van der Waals surface area contributed by atoms with Gasteiger partial charge in [0.05, 0.1) is 6.54 Å². The molecule has 17 heavy (non-hydrogen) atoms. The van der Waals surface area contributed by atoms with Crippen LogP contribution in [0.15, 0.2) is 23.6 Å². The molecule has 0 atom stereocenters. The third kappa shape index (κ3) is 3.24. The normalized spacial score (nSPS) is 10.7. The molecule has 90 valence electrons. The molecule has 2 aromatic rings. The summed E-state index contributed by atoms with van der Waals surface area (Å²) >= 11 is 1.59. The minimum atomic E-state index is 0.532. The van der Waals surface area contributed by atoms with E-state index < -0.39 is 0 Å². The molecule has 0 aliphatic heterocycles. The van der Waals surface area contributed by atoms with E-state index in [9.17, 15) is 0 Å². The molecule has 0 fully saturated rings. The molecule has 0 aliphatic rings. The molecule has 0 saturated carbocycles. The number of rotatable bonds is 5. The lowest BCUT2D eigenvalue weighted by molar-refractivity contribution is 0.557. The molecule has 2 N–H and O–H groups in total. The second kappa shape index (κ2) is 5.74. The SMILES string of the molecule is Cc1cncc(CSc2nnnn2CCN)c1. The Kier molecular flexibility index (Phi) is 4.05. The average molecular weight is 250 g/mol. The number of pyridine rings is 1. The summed E-state index contributed by atoms with van der Waals surface area (Å²) in [5.41, 5.74) is 7.80. The van der Waals surface area contributed by atoms with E-state index in [2.05, 4.69) is 26.6 Å². The van der Waals surface area contributed by atoms with Gasteiger partial charge in [-0.05, 0) is 28.5 Å². The van der Waals surface area contributed by atoms with Crippen LogP contribution in [0.3, 0.4) is 0 Å². The monoisotopic (exact) mass is 250 g/mol. The van der Waals surface area contributed by atoms with E-state index in [1.807, 2.05) is 19.3 Å². The summed E-state index contributed by atoms with van der Waals surface area (Å²) in [7, 11) is 0. The van der Waals surface area contributed by atoms with Crippen molar-refractivity contribution in [2.24, 2.45) is 5.73 Å². The van der Waals surface area contributed by atoms with Crippen LogP contribution >= 0.6 is 11.8 Å². The Bertz CT molecular complexity index is 483. The van der Waals surface area contributed by atoms with Gasteiger partial charge in [-0.2, -0.15) is 0 Å². The van der Waals surface area contributed by atoms with Crippen molar-refractivity contribution >= 4 is 11.8 Å². The number of aryl methyl sites for hydroxylation is 1. The summed E-state index contributed by atoms with van der Waals surface area (Å²) in [5.74, 6) is 0.805. The number of hydrogen-bond donors (Lipinski definition) is 1. The van der Waals surface area contributed by atoms with Crippen LogP contribution in [0.5, 0.6) is 0 Å². The quantitative estimate of drug-likeness (QED) is 0.784. The van der Waals surface area contributed by atoms with Gasteiger partial charge in [0.15, 0.2) is 0 Å². The smallest absolute Gasteiger partial charge is 0.209 e. The molecule has 0 bridgehead atoms. The standard InChI is InChI=1S/C10H14N6S/c1-8-4-9(6-12-5-8)7-17-10-13-14-15-16(10)3-2-11/h4-6H,2-3,7,11H2,1H3. The molecule has 7 heteroatoms. The van der Waals surface area contributed by atoms with Crippen LogP contribution in [-0.4, -0.2) is 31.7 Å². The van der Waals surface area contributed by atoms with Gasteiger partial charge in [-0.15, -0.1) is 5.10 Å². The number of tetrazole rings is 1. The zero-order chi connectivity index (χ0) is 12.1. The predicted molar refractivity (Wildman–Crippen MR) is 65.4 cm³/mol. The second-order valence-corrected chi connectivity index (χ2v) is 4.57. The highest BCUT2D eigenvalue weighted by Crippen LogP contribution is 2.19. The van der Waals surface area contributed by atoms with Crippen LogP contribution in [0, 0.1) is 6.92 Å². The molecule has 0 saturated heterocycles. The first-order chi connectivity index (χ1) is 8.29. The van der Waals surface area contributed by atoms with E-state index in [0.29, 0.717) is 13.1 Å². The third-order valence-electron chi connectivity index (χ3n) is 2.14. The van der Waals surface area contributed by atoms with Crippen LogP contribution in [0.25, 0.3) is 0 Å². The number of aromatic nitrogens is 5. The van der Waals surface area contributed by atoms with Crippen molar-refractivity contribution in [3.05, 3.63) is 29.6 Å². The summed E-state index contributed by atoms with van der Waals surface area (Å²) in [6.07, 6.45) is 3.70. The first-order valence-electron chi connectivity index (χ1n) is 5.29. The maximum absolute atomic E-state index is 5.48. The van der Waals surface area contributed by atoms with E-state index in [0.717, 1.165) is 22.0 Å². The third-order valence-corrected chi connectivity index (χ3v) is 3.17. The molecule has 0 unspecified atom stereocenters. The summed E-state index contributed by atoms with van der Waals surface area (Å²) in [6.45, 7) is 3.20. The summed E-state index contributed by atoms with van der Waals surface area (Å²) in [6, 6.07) is 2.11. The molecule has 0 amide bonds. The minimum Gasteiger partial charge on any atom is -0.329 e. The Labute approximate surface area is 104 Å². The molecule has 2 rings (SSSR count). The molecule has 6 nitrogen and oxygen atoms in total. The van der Waals surface area contributed by atoms with Gasteiger partial charge in [0.2, 0.25) is 5.16 Å². The van der Waals surface area contributed by atoms with Gasteiger partial charge in [0, 0.05) is 24.7 Å². The Hall–Kier alpha value is -1.47. The molecular weight excluding hydrogens is 236 g/mol. The Morgan fingerprint density at radius 2 is 2.29 bits per heavy atom. The molecule has 2 heterocycles. The fourth-order valence-electron chi connectivity index (χ4n) is 1.41. The summed E-state index contributed by atoms with van der Waals surface area (Å²) in [4.78, 5) is 4.15. The Morgan fingerprint density at radius 1 is 1.41 bits per heavy atom. The van der Waals surface area contributed by atoms with E-state index in [4.69, 9.17) is 5.73 Å². The minimum absolute atomic E-state index is 0.532. The fraction of sp³-hybridized carbons (Fsp3) is 0.400. The van der Waals surface area contributed by atoms with Crippen LogP contribution < -0.4 is 5.73 Å². The van der Waals surface area contributed by atoms with Gasteiger partial charge in [0.1, 0.15) is 0 Å². The van der Waals surface area contributed by atoms with E-state index in [-0.39, 0.29) is 0 Å². The van der Waals surface area contributed by atoms with Crippen molar-refractivity contribution in [1.82, 2.24) is 25.2 Å². The van der Waals surface area contributed by atoms with Crippen LogP contribution in [0.1, 0.15) is 11.1 Å². The zero-order valence-electron chi connectivity index (χ0n) is 9.58. The Balaban J connectivity index is 1.99. The van der Waals surface area contributed by atoms with Crippen molar-refractivity contribution in [1.29, 1.82) is 0 Å². The largest absolute Gasteiger partial charge is 0.329 e. The van der Waals surface area contributed by atoms with Gasteiger partial charge in [-0.3, -0.25) is 4.98 Å². The predicted octanol–water partition coefficient (Wildman–Crippen LogP) is 0.628. The number of thioether (sulfide) groups is 1. The van der Waals surface area contributed by atoms with Crippen molar-refractivity contribution in [3.63, 3.8) is 0 Å². The topological polar surface area (TPSA) is 82.5 Å². The van der Waals surface area contributed by atoms with E-state index >= 15 is 0 Å². The van der Waals surface area contributed by atoms with Gasteiger partial charge < -0.3 is 5.73 Å². The maximum atomic E-state index is 5.48. The average Bonchev–Trinajstić information content (AvgIpc) is 2.75. The lowest BCUT2D eigenvalue weighted by Crippen LogP contribution is -2.12. The molecule has 0 aliphatic carbocycles. The van der Waals surface area contributed by atoms with Gasteiger partial charge in [-0.25, -0.2) is 4.68 Å². The fourth-order valence-corrected chi connectivity index (χ4v) is 2.23. The maximum Gasteiger partial charge on any atom is 0.209 e. The molecule has 0 spiro atoms. The highest BCUT2D eigenvalue weighted by atomic mass is 32.2. The van der Waals surface area contributed by atoms with Crippen molar-refractivity contribution in [2.45, 2.75) is 24.4 Å². The molecule has 2 aromatic heterocycles. The van der Waals surface area contributed by atoms with Gasteiger partial charge in [0.25, 0.3) is 0 Å². The zero-order valence-corrected chi connectivity index (χ0v) is 10.4. The Morgan fingerprint density at radius 3 is 3.06 bits per heavy atom. The molecule has 0 radical (unpaired) electrons. The highest BCUT2D eigenvalue weighted by molar-refractivity contribution is 7.98. The first-order valence-corrected chi connectivity index (χ1v) is 6.27. The lowest BCUT2D eigenvalue weighted by atomic mass is 10.2. The van der Waals surface area contributed by atoms with Crippen molar-refractivity contribution in [3.8, 4) is 0 Å². The first kappa shape index (κ1) is 12.0. The highest BCUT2D eigenvalue weighted by Gasteiger charge is 2.06. The lowest BCUT2D eigenvalue weighted by Gasteiger charge is -2.03. The second-order valence-electron chi connectivity index (χ2n) is 3.63. The van der Waals surface area contributed by atoms with E-state index in [1.165, 1.54) is 0 Å². The number of hydrogen-bond acceptors (Lipinski definition) is 6. The number of nitrogens with zero attached hydrogens (tertiary/aromatic N) is 5. The van der Waals surface area contributed by atoms with Crippen molar-refractivity contribution in [2.75, 3.05) is 6.54 Å². The van der Waals surface area contributed by atoms with Crippen molar-refractivity contribution < 1.29 is 0 Å². The van der Waals surface area contributed by atoms with E-state index in [1.54, 1.807) is 16.4 Å². The van der Waals surface area contributed by atoms with Crippen LogP contribution in [0.4, 0.5) is 0 Å². The van der Waals surface area contributed by atoms with Crippen LogP contribution in [-0.2, 0) is 12.3 Å². The van der Waals surface area contributed by atoms with Gasteiger partial charge >= 0.3 is 0 Å².